The highest BCUT2D eigenvalue weighted by Gasteiger charge is 2.08. The van der Waals surface area contributed by atoms with Crippen LogP contribution in [0.25, 0.3) is 0 Å². The lowest BCUT2D eigenvalue weighted by Gasteiger charge is -2.07. The maximum absolute atomic E-state index is 5.45. The second-order valence-electron chi connectivity index (χ2n) is 3.81. The van der Waals surface area contributed by atoms with E-state index in [0.717, 1.165) is 16.6 Å². The number of nitrogens with zero attached hydrogens (tertiary/aromatic N) is 2. The molecule has 0 aliphatic heterocycles. The maximum atomic E-state index is 5.45. The molecule has 2 rings (SSSR count). The molecule has 2 N–H and O–H groups in total. The van der Waals surface area contributed by atoms with Crippen molar-refractivity contribution in [3.8, 4) is 0 Å². The van der Waals surface area contributed by atoms with Crippen molar-refractivity contribution in [2.45, 2.75) is 19.9 Å². The fourth-order valence-electron chi connectivity index (χ4n) is 1.62. The molecule has 2 aromatic rings. The summed E-state index contributed by atoms with van der Waals surface area (Å²) in [4.78, 5) is 0. The van der Waals surface area contributed by atoms with Crippen molar-refractivity contribution >= 4 is 27.6 Å². The second-order valence-corrected chi connectivity index (χ2v) is 4.73. The van der Waals surface area contributed by atoms with Crippen LogP contribution >= 0.6 is 15.9 Å². The molecule has 1 aromatic heterocycles. The van der Waals surface area contributed by atoms with Gasteiger partial charge in [0.2, 0.25) is 5.89 Å². The van der Waals surface area contributed by atoms with E-state index in [0.29, 0.717) is 18.5 Å². The SMILES string of the molecule is CCc1cc(Br)ccc1Nc1nnc(CNC)o1. The van der Waals surface area contributed by atoms with Gasteiger partial charge in [0.1, 0.15) is 0 Å². The molecule has 96 valence electrons. The van der Waals surface area contributed by atoms with Crippen LogP contribution in [0, 0.1) is 0 Å². The van der Waals surface area contributed by atoms with E-state index in [1.165, 1.54) is 5.56 Å². The molecule has 18 heavy (non-hydrogen) atoms. The zero-order chi connectivity index (χ0) is 13.0. The molecular formula is C12H15BrN4O. The number of hydrogen-bond donors (Lipinski definition) is 2. The van der Waals surface area contributed by atoms with Crippen molar-refractivity contribution in [2.75, 3.05) is 12.4 Å². The van der Waals surface area contributed by atoms with Gasteiger partial charge in [-0.05, 0) is 37.2 Å². The smallest absolute Gasteiger partial charge is 0.320 e. The molecule has 0 saturated carbocycles. The standard InChI is InChI=1S/C12H15BrN4O/c1-3-8-6-9(13)4-5-10(8)15-12-17-16-11(18-12)7-14-2/h4-6,14H,3,7H2,1-2H3,(H,15,17). The van der Waals surface area contributed by atoms with E-state index >= 15 is 0 Å². The van der Waals surface area contributed by atoms with Crippen molar-refractivity contribution < 1.29 is 4.42 Å². The average molecular weight is 311 g/mol. The molecule has 0 spiro atoms. The largest absolute Gasteiger partial charge is 0.406 e. The minimum atomic E-state index is 0.414. The summed E-state index contributed by atoms with van der Waals surface area (Å²) >= 11 is 3.46. The summed E-state index contributed by atoms with van der Waals surface area (Å²) in [5.41, 5.74) is 2.18. The number of anilines is 2. The lowest BCUT2D eigenvalue weighted by atomic mass is 10.1. The Balaban J connectivity index is 2.17. The van der Waals surface area contributed by atoms with Gasteiger partial charge in [-0.25, -0.2) is 0 Å². The molecule has 0 aliphatic rings. The third-order valence-corrected chi connectivity index (χ3v) is 2.98. The summed E-state index contributed by atoms with van der Waals surface area (Å²) in [5, 5.41) is 14.0. The highest BCUT2D eigenvalue weighted by atomic mass is 79.9. The minimum Gasteiger partial charge on any atom is -0.406 e. The molecule has 0 radical (unpaired) electrons. The first-order chi connectivity index (χ1) is 8.72. The van der Waals surface area contributed by atoms with Gasteiger partial charge >= 0.3 is 6.01 Å². The van der Waals surface area contributed by atoms with Crippen molar-refractivity contribution in [1.82, 2.24) is 15.5 Å². The van der Waals surface area contributed by atoms with Crippen LogP contribution in [0.5, 0.6) is 0 Å². The second kappa shape index (κ2) is 5.97. The van der Waals surface area contributed by atoms with Gasteiger partial charge in [-0.1, -0.05) is 28.0 Å². The monoisotopic (exact) mass is 310 g/mol. The van der Waals surface area contributed by atoms with Crippen molar-refractivity contribution in [3.05, 3.63) is 34.1 Å². The zero-order valence-corrected chi connectivity index (χ0v) is 11.9. The Morgan fingerprint density at radius 2 is 2.17 bits per heavy atom. The first kappa shape index (κ1) is 13.0. The predicted octanol–water partition coefficient (Wildman–Crippen LogP) is 2.86. The topological polar surface area (TPSA) is 63.0 Å². The molecule has 0 atom stereocenters. The fraction of sp³-hybridized carbons (Fsp3) is 0.333. The molecule has 0 saturated heterocycles. The molecule has 5 nitrogen and oxygen atoms in total. The van der Waals surface area contributed by atoms with E-state index < -0.39 is 0 Å². The molecule has 1 aromatic carbocycles. The van der Waals surface area contributed by atoms with Gasteiger partial charge in [-0.3, -0.25) is 0 Å². The molecule has 0 fully saturated rings. The quantitative estimate of drug-likeness (QED) is 0.889. The molecule has 0 unspecified atom stereocenters. The maximum Gasteiger partial charge on any atom is 0.320 e. The van der Waals surface area contributed by atoms with Crippen molar-refractivity contribution in [3.63, 3.8) is 0 Å². The van der Waals surface area contributed by atoms with Gasteiger partial charge < -0.3 is 15.1 Å². The predicted molar refractivity (Wildman–Crippen MR) is 73.9 cm³/mol. The van der Waals surface area contributed by atoms with Crippen LogP contribution < -0.4 is 10.6 Å². The Morgan fingerprint density at radius 1 is 1.33 bits per heavy atom. The molecule has 6 heteroatoms. The Bertz CT molecular complexity index is 527. The van der Waals surface area contributed by atoms with Crippen LogP contribution in [0.1, 0.15) is 18.4 Å². The highest BCUT2D eigenvalue weighted by molar-refractivity contribution is 9.10. The van der Waals surface area contributed by atoms with Gasteiger partial charge in [-0.15, -0.1) is 5.10 Å². The Hall–Kier alpha value is -1.40. The van der Waals surface area contributed by atoms with Crippen LogP contribution in [-0.2, 0) is 13.0 Å². The van der Waals surface area contributed by atoms with E-state index in [-0.39, 0.29) is 0 Å². The number of rotatable bonds is 5. The summed E-state index contributed by atoms with van der Waals surface area (Å²) < 4.78 is 6.51. The number of halogens is 1. The van der Waals surface area contributed by atoms with E-state index in [2.05, 4.69) is 49.8 Å². The van der Waals surface area contributed by atoms with E-state index in [1.54, 1.807) is 0 Å². The average Bonchev–Trinajstić information content (AvgIpc) is 2.79. The first-order valence-corrected chi connectivity index (χ1v) is 6.54. The van der Waals surface area contributed by atoms with E-state index in [9.17, 15) is 0 Å². The number of aryl methyl sites for hydroxylation is 1. The normalized spacial score (nSPS) is 10.6. The number of nitrogens with one attached hydrogen (secondary N) is 2. The first-order valence-electron chi connectivity index (χ1n) is 5.75. The summed E-state index contributed by atoms with van der Waals surface area (Å²) in [5.74, 6) is 0.565. The van der Waals surface area contributed by atoms with Crippen molar-refractivity contribution in [2.24, 2.45) is 0 Å². The molecule has 0 amide bonds. The minimum absolute atomic E-state index is 0.414. The zero-order valence-electron chi connectivity index (χ0n) is 10.3. The summed E-state index contributed by atoms with van der Waals surface area (Å²) in [6, 6.07) is 6.46. The van der Waals surface area contributed by atoms with Gasteiger partial charge in [0.15, 0.2) is 0 Å². The van der Waals surface area contributed by atoms with Gasteiger partial charge in [0.05, 0.1) is 6.54 Å². The van der Waals surface area contributed by atoms with Crippen LogP contribution in [0.3, 0.4) is 0 Å². The van der Waals surface area contributed by atoms with Crippen LogP contribution in [0.4, 0.5) is 11.7 Å². The summed E-state index contributed by atoms with van der Waals surface area (Å²) in [6.45, 7) is 2.67. The van der Waals surface area contributed by atoms with Gasteiger partial charge in [0, 0.05) is 10.2 Å². The molecule has 0 bridgehead atoms. The van der Waals surface area contributed by atoms with Gasteiger partial charge in [-0.2, -0.15) is 0 Å². The van der Waals surface area contributed by atoms with Crippen LogP contribution in [0.2, 0.25) is 0 Å². The lowest BCUT2D eigenvalue weighted by molar-refractivity contribution is 0.493. The Kier molecular flexibility index (Phi) is 4.33. The molecular weight excluding hydrogens is 296 g/mol. The van der Waals surface area contributed by atoms with E-state index in [4.69, 9.17) is 4.42 Å². The highest BCUT2D eigenvalue weighted by Crippen LogP contribution is 2.24. The lowest BCUT2D eigenvalue weighted by Crippen LogP contribution is -2.04. The third kappa shape index (κ3) is 3.08. The molecule has 1 heterocycles. The third-order valence-electron chi connectivity index (χ3n) is 2.48. The number of hydrogen-bond acceptors (Lipinski definition) is 5. The van der Waals surface area contributed by atoms with E-state index in [1.807, 2.05) is 19.2 Å². The number of aromatic nitrogens is 2. The fourth-order valence-corrected chi connectivity index (χ4v) is 2.03. The Labute approximate surface area is 114 Å². The Morgan fingerprint density at radius 3 is 2.89 bits per heavy atom. The van der Waals surface area contributed by atoms with Crippen LogP contribution in [-0.4, -0.2) is 17.2 Å². The summed E-state index contributed by atoms with van der Waals surface area (Å²) in [7, 11) is 1.83. The summed E-state index contributed by atoms with van der Waals surface area (Å²) in [6.07, 6.45) is 0.930. The number of benzene rings is 1. The van der Waals surface area contributed by atoms with Gasteiger partial charge in [0.25, 0.3) is 0 Å². The molecule has 0 aliphatic carbocycles. The van der Waals surface area contributed by atoms with Crippen LogP contribution in [0.15, 0.2) is 27.1 Å². The van der Waals surface area contributed by atoms with Crippen molar-refractivity contribution in [1.29, 1.82) is 0 Å².